The van der Waals surface area contributed by atoms with Crippen molar-refractivity contribution in [2.24, 2.45) is 11.3 Å². The molecule has 0 spiro atoms. The van der Waals surface area contributed by atoms with Gasteiger partial charge in [-0.2, -0.15) is 13.2 Å². The van der Waals surface area contributed by atoms with Crippen LogP contribution in [0.1, 0.15) is 25.8 Å². The smallest absolute Gasteiger partial charge is 0.361 e. The second kappa shape index (κ2) is 4.35. The molecule has 0 saturated heterocycles. The van der Waals surface area contributed by atoms with Gasteiger partial charge in [0.1, 0.15) is 0 Å². The number of benzene rings is 1. The van der Waals surface area contributed by atoms with E-state index >= 15 is 0 Å². The van der Waals surface area contributed by atoms with Crippen LogP contribution in [0.2, 0.25) is 0 Å². The van der Waals surface area contributed by atoms with Gasteiger partial charge in [0.05, 0.1) is 15.8 Å². The molecule has 1 fully saturated rings. The van der Waals surface area contributed by atoms with Gasteiger partial charge < -0.3 is 5.32 Å². The zero-order valence-corrected chi connectivity index (χ0v) is 12.0. The fourth-order valence-corrected chi connectivity index (χ4v) is 3.17. The van der Waals surface area contributed by atoms with E-state index in [1.807, 2.05) is 0 Å². The zero-order chi connectivity index (χ0) is 14.5. The first-order valence-electron chi connectivity index (χ1n) is 6.47. The lowest BCUT2D eigenvalue weighted by Gasteiger charge is -2.04. The minimum absolute atomic E-state index is 0.382. The molecule has 0 amide bonds. The maximum absolute atomic E-state index is 12.6. The van der Waals surface area contributed by atoms with E-state index in [1.54, 1.807) is 0 Å². The van der Waals surface area contributed by atoms with Gasteiger partial charge in [0.15, 0.2) is 5.13 Å². The van der Waals surface area contributed by atoms with Crippen molar-refractivity contribution >= 4 is 26.7 Å². The largest absolute Gasteiger partial charge is 0.416 e. The van der Waals surface area contributed by atoms with Crippen molar-refractivity contribution < 1.29 is 13.2 Å². The van der Waals surface area contributed by atoms with Gasteiger partial charge in [0.2, 0.25) is 0 Å². The van der Waals surface area contributed by atoms with Gasteiger partial charge in [-0.3, -0.25) is 0 Å². The second-order valence-electron chi connectivity index (χ2n) is 5.97. The molecule has 1 aromatic heterocycles. The van der Waals surface area contributed by atoms with E-state index in [2.05, 4.69) is 24.1 Å². The lowest BCUT2D eigenvalue weighted by atomic mass is 10.1. The van der Waals surface area contributed by atoms with Gasteiger partial charge in [-0.05, 0) is 36.0 Å². The lowest BCUT2D eigenvalue weighted by molar-refractivity contribution is -0.137. The summed E-state index contributed by atoms with van der Waals surface area (Å²) in [7, 11) is 0. The summed E-state index contributed by atoms with van der Waals surface area (Å²) >= 11 is 1.40. The first kappa shape index (κ1) is 13.7. The first-order valence-corrected chi connectivity index (χ1v) is 7.29. The molecule has 0 radical (unpaired) electrons. The monoisotopic (exact) mass is 300 g/mol. The third-order valence-electron chi connectivity index (χ3n) is 3.93. The molecule has 1 unspecified atom stereocenters. The van der Waals surface area contributed by atoms with E-state index in [-0.39, 0.29) is 0 Å². The zero-order valence-electron chi connectivity index (χ0n) is 11.2. The SMILES string of the molecule is CC1(C)CC1CNc1nc2cc(C(F)(F)F)ccc2s1. The lowest BCUT2D eigenvalue weighted by Crippen LogP contribution is -2.06. The van der Waals surface area contributed by atoms with E-state index < -0.39 is 11.7 Å². The molecule has 1 aliphatic rings. The van der Waals surface area contributed by atoms with Crippen LogP contribution < -0.4 is 5.32 Å². The molecule has 1 saturated carbocycles. The van der Waals surface area contributed by atoms with Crippen molar-refractivity contribution in [3.8, 4) is 0 Å². The van der Waals surface area contributed by atoms with Gasteiger partial charge in [-0.15, -0.1) is 0 Å². The number of hydrogen-bond acceptors (Lipinski definition) is 3. The number of alkyl halides is 3. The number of nitrogens with zero attached hydrogens (tertiary/aromatic N) is 1. The van der Waals surface area contributed by atoms with Gasteiger partial charge in [-0.25, -0.2) is 4.98 Å². The topological polar surface area (TPSA) is 24.9 Å². The second-order valence-corrected chi connectivity index (χ2v) is 7.00. The summed E-state index contributed by atoms with van der Waals surface area (Å²) in [6, 6.07) is 3.70. The van der Waals surface area contributed by atoms with Crippen LogP contribution in [0.3, 0.4) is 0 Å². The third kappa shape index (κ3) is 2.61. The molecule has 6 heteroatoms. The highest BCUT2D eigenvalue weighted by molar-refractivity contribution is 7.22. The van der Waals surface area contributed by atoms with Crippen molar-refractivity contribution in [2.45, 2.75) is 26.4 Å². The Morgan fingerprint density at radius 2 is 2.10 bits per heavy atom. The van der Waals surface area contributed by atoms with Crippen LogP contribution in [0.15, 0.2) is 18.2 Å². The van der Waals surface area contributed by atoms with Crippen molar-refractivity contribution in [3.63, 3.8) is 0 Å². The number of rotatable bonds is 3. The van der Waals surface area contributed by atoms with E-state index in [0.29, 0.717) is 22.0 Å². The molecule has 2 nitrogen and oxygen atoms in total. The van der Waals surface area contributed by atoms with Crippen LogP contribution in [-0.4, -0.2) is 11.5 Å². The van der Waals surface area contributed by atoms with E-state index in [4.69, 9.17) is 0 Å². The molecule has 108 valence electrons. The molecule has 1 N–H and O–H groups in total. The normalized spacial score (nSPS) is 21.1. The molecule has 1 aliphatic carbocycles. The average Bonchev–Trinajstić information content (AvgIpc) is 2.79. The molecule has 0 aliphatic heterocycles. The Balaban J connectivity index is 1.77. The van der Waals surface area contributed by atoms with E-state index in [1.165, 1.54) is 23.8 Å². The molecule has 0 bridgehead atoms. The summed E-state index contributed by atoms with van der Waals surface area (Å²) in [6.07, 6.45) is -3.13. The van der Waals surface area contributed by atoms with Gasteiger partial charge in [-0.1, -0.05) is 25.2 Å². The Bertz CT molecular complexity index is 645. The van der Waals surface area contributed by atoms with Gasteiger partial charge in [0.25, 0.3) is 0 Å². The van der Waals surface area contributed by atoms with Crippen molar-refractivity contribution in [1.29, 1.82) is 0 Å². The van der Waals surface area contributed by atoms with Crippen LogP contribution >= 0.6 is 11.3 Å². The third-order valence-corrected chi connectivity index (χ3v) is 4.93. The Morgan fingerprint density at radius 1 is 1.40 bits per heavy atom. The number of anilines is 1. The van der Waals surface area contributed by atoms with Crippen LogP contribution in [0, 0.1) is 11.3 Å². The van der Waals surface area contributed by atoms with E-state index in [0.717, 1.165) is 23.4 Å². The highest BCUT2D eigenvalue weighted by Gasteiger charge is 2.45. The Labute approximate surface area is 119 Å². The number of nitrogens with one attached hydrogen (secondary N) is 1. The van der Waals surface area contributed by atoms with Crippen LogP contribution in [-0.2, 0) is 6.18 Å². The summed E-state index contributed by atoms with van der Waals surface area (Å²) in [4.78, 5) is 4.24. The highest BCUT2D eigenvalue weighted by Crippen LogP contribution is 2.51. The minimum atomic E-state index is -4.32. The number of hydrogen-bond donors (Lipinski definition) is 1. The summed E-state index contributed by atoms with van der Waals surface area (Å²) in [5, 5.41) is 3.93. The minimum Gasteiger partial charge on any atom is -0.361 e. The molecule has 1 aromatic carbocycles. The number of aromatic nitrogens is 1. The average molecular weight is 300 g/mol. The highest BCUT2D eigenvalue weighted by atomic mass is 32.1. The standard InChI is InChI=1S/C14H15F3N2S/c1-13(2)6-9(13)7-18-12-19-10-5-8(14(15,16)17)3-4-11(10)20-12/h3-5,9H,6-7H2,1-2H3,(H,18,19). The fourth-order valence-electron chi connectivity index (χ4n) is 2.31. The predicted octanol–water partition coefficient (Wildman–Crippen LogP) is 4.77. The molecule has 20 heavy (non-hydrogen) atoms. The van der Waals surface area contributed by atoms with Gasteiger partial charge >= 0.3 is 6.18 Å². The van der Waals surface area contributed by atoms with Crippen molar-refractivity contribution in [2.75, 3.05) is 11.9 Å². The quantitative estimate of drug-likeness (QED) is 0.883. The Kier molecular flexibility index (Phi) is 2.97. The molecule has 3 rings (SSSR count). The molecular weight excluding hydrogens is 285 g/mol. The van der Waals surface area contributed by atoms with Crippen molar-refractivity contribution in [1.82, 2.24) is 4.98 Å². The van der Waals surface area contributed by atoms with Crippen LogP contribution in [0.25, 0.3) is 10.2 Å². The number of halogens is 3. The van der Waals surface area contributed by atoms with Gasteiger partial charge in [0, 0.05) is 6.54 Å². The summed E-state index contributed by atoms with van der Waals surface area (Å²) in [6.45, 7) is 5.26. The van der Waals surface area contributed by atoms with Crippen LogP contribution in [0.4, 0.5) is 18.3 Å². The first-order chi connectivity index (χ1) is 9.25. The number of fused-ring (bicyclic) bond motifs is 1. The maximum Gasteiger partial charge on any atom is 0.416 e. The summed E-state index contributed by atoms with van der Waals surface area (Å²) in [5.74, 6) is 0.625. The fraction of sp³-hybridized carbons (Fsp3) is 0.500. The van der Waals surface area contributed by atoms with E-state index in [9.17, 15) is 13.2 Å². The molecular formula is C14H15F3N2S. The van der Waals surface area contributed by atoms with Crippen LogP contribution in [0.5, 0.6) is 0 Å². The summed E-state index contributed by atoms with van der Waals surface area (Å²) in [5.41, 5.74) is 0.139. The Morgan fingerprint density at radius 3 is 2.70 bits per heavy atom. The molecule has 1 heterocycles. The maximum atomic E-state index is 12.6. The molecule has 2 aromatic rings. The number of thiazole rings is 1. The predicted molar refractivity (Wildman–Crippen MR) is 75.0 cm³/mol. The molecule has 1 atom stereocenters. The van der Waals surface area contributed by atoms with Crippen molar-refractivity contribution in [3.05, 3.63) is 23.8 Å². The summed E-state index contributed by atoms with van der Waals surface area (Å²) < 4.78 is 38.7. The Hall–Kier alpha value is -1.30.